The normalized spacial score (nSPS) is 13.7. The van der Waals surface area contributed by atoms with Gasteiger partial charge in [0, 0.05) is 18.3 Å². The third-order valence-electron chi connectivity index (χ3n) is 3.68. The number of aromatic nitrogens is 1. The molecule has 4 nitrogen and oxygen atoms in total. The Balaban J connectivity index is 2.50. The van der Waals surface area contributed by atoms with Gasteiger partial charge in [-0.3, -0.25) is 5.41 Å². The summed E-state index contributed by atoms with van der Waals surface area (Å²) in [4.78, 5) is 7.08. The number of rotatable bonds is 5. The van der Waals surface area contributed by atoms with Crippen molar-refractivity contribution in [1.29, 1.82) is 5.41 Å². The Labute approximate surface area is 115 Å². The van der Waals surface area contributed by atoms with Crippen molar-refractivity contribution in [3.05, 3.63) is 22.9 Å². The zero-order valence-electron chi connectivity index (χ0n) is 12.2. The van der Waals surface area contributed by atoms with Crippen molar-refractivity contribution in [1.82, 2.24) is 4.98 Å². The van der Waals surface area contributed by atoms with Crippen LogP contribution in [0.25, 0.3) is 0 Å². The summed E-state index contributed by atoms with van der Waals surface area (Å²) in [5.74, 6) is 1.02. The van der Waals surface area contributed by atoms with Crippen molar-refractivity contribution < 1.29 is 0 Å². The van der Waals surface area contributed by atoms with Gasteiger partial charge in [-0.1, -0.05) is 6.92 Å². The van der Waals surface area contributed by atoms with E-state index in [2.05, 4.69) is 31.7 Å². The van der Waals surface area contributed by atoms with Gasteiger partial charge < -0.3 is 10.6 Å². The molecule has 1 aromatic rings. The first-order chi connectivity index (χ1) is 9.04. The minimum absolute atomic E-state index is 0.124. The fourth-order valence-electron chi connectivity index (χ4n) is 2.73. The van der Waals surface area contributed by atoms with Gasteiger partial charge in [0.25, 0.3) is 0 Å². The van der Waals surface area contributed by atoms with Crippen LogP contribution in [0.3, 0.4) is 0 Å². The van der Waals surface area contributed by atoms with Crippen LogP contribution in [0.2, 0.25) is 0 Å². The summed E-state index contributed by atoms with van der Waals surface area (Å²) in [6, 6.07) is 2.45. The highest BCUT2D eigenvalue weighted by molar-refractivity contribution is 6.00. The first-order valence-electron chi connectivity index (χ1n) is 7.18. The van der Waals surface area contributed by atoms with Crippen LogP contribution < -0.4 is 10.6 Å². The van der Waals surface area contributed by atoms with Crippen molar-refractivity contribution in [2.24, 2.45) is 5.73 Å². The Morgan fingerprint density at radius 1 is 1.47 bits per heavy atom. The average molecular weight is 260 g/mol. The second-order valence-corrected chi connectivity index (χ2v) is 5.52. The highest BCUT2D eigenvalue weighted by atomic mass is 15.2. The van der Waals surface area contributed by atoms with Gasteiger partial charge in [0.1, 0.15) is 11.7 Å². The number of hydrogen-bond acceptors (Lipinski definition) is 3. The second-order valence-electron chi connectivity index (χ2n) is 5.52. The van der Waals surface area contributed by atoms with Crippen LogP contribution >= 0.6 is 0 Å². The lowest BCUT2D eigenvalue weighted by molar-refractivity contribution is 0.660. The van der Waals surface area contributed by atoms with E-state index < -0.39 is 0 Å². The topological polar surface area (TPSA) is 66.0 Å². The molecule has 0 saturated heterocycles. The molecule has 1 aromatic heterocycles. The van der Waals surface area contributed by atoms with Crippen LogP contribution in [-0.4, -0.2) is 23.4 Å². The SMILES string of the molecule is CCCN(c1nc2c(cc1C(=N)N)CCC2)C(C)C. The first-order valence-corrected chi connectivity index (χ1v) is 7.18. The van der Waals surface area contributed by atoms with E-state index in [1.54, 1.807) is 0 Å². The fourth-order valence-corrected chi connectivity index (χ4v) is 2.73. The van der Waals surface area contributed by atoms with E-state index in [0.717, 1.165) is 37.2 Å². The number of amidine groups is 1. The van der Waals surface area contributed by atoms with Crippen molar-refractivity contribution in [2.75, 3.05) is 11.4 Å². The Hall–Kier alpha value is -1.58. The van der Waals surface area contributed by atoms with E-state index >= 15 is 0 Å². The molecule has 3 N–H and O–H groups in total. The van der Waals surface area contributed by atoms with Gasteiger partial charge in [-0.25, -0.2) is 4.98 Å². The van der Waals surface area contributed by atoms with Crippen LogP contribution in [0.5, 0.6) is 0 Å². The number of nitrogens with one attached hydrogen (secondary N) is 1. The van der Waals surface area contributed by atoms with E-state index in [9.17, 15) is 0 Å². The molecule has 0 aliphatic heterocycles. The molecule has 104 valence electrons. The third kappa shape index (κ3) is 2.72. The summed E-state index contributed by atoms with van der Waals surface area (Å²) >= 11 is 0. The third-order valence-corrected chi connectivity index (χ3v) is 3.68. The molecule has 0 spiro atoms. The number of anilines is 1. The van der Waals surface area contributed by atoms with Gasteiger partial charge in [-0.15, -0.1) is 0 Å². The molecule has 4 heteroatoms. The van der Waals surface area contributed by atoms with Crippen LogP contribution in [-0.2, 0) is 12.8 Å². The summed E-state index contributed by atoms with van der Waals surface area (Å²) in [6.07, 6.45) is 4.35. The fraction of sp³-hybridized carbons (Fsp3) is 0.600. The summed E-state index contributed by atoms with van der Waals surface area (Å²) in [7, 11) is 0. The monoisotopic (exact) mass is 260 g/mol. The molecule has 0 radical (unpaired) electrons. The lowest BCUT2D eigenvalue weighted by atomic mass is 10.1. The molecule has 0 aromatic carbocycles. The zero-order valence-corrected chi connectivity index (χ0v) is 12.2. The minimum atomic E-state index is 0.124. The Morgan fingerprint density at radius 3 is 2.79 bits per heavy atom. The van der Waals surface area contributed by atoms with Crippen molar-refractivity contribution in [3.8, 4) is 0 Å². The highest BCUT2D eigenvalue weighted by Crippen LogP contribution is 2.28. The van der Waals surface area contributed by atoms with Crippen LogP contribution in [0.15, 0.2) is 6.07 Å². The Kier molecular flexibility index (Phi) is 4.08. The largest absolute Gasteiger partial charge is 0.384 e. The summed E-state index contributed by atoms with van der Waals surface area (Å²) in [5.41, 5.74) is 9.02. The smallest absolute Gasteiger partial charge is 0.140 e. The molecule has 0 bridgehead atoms. The van der Waals surface area contributed by atoms with Crippen molar-refractivity contribution in [2.45, 2.75) is 52.5 Å². The number of nitrogens with two attached hydrogens (primary N) is 1. The number of fused-ring (bicyclic) bond motifs is 1. The number of hydrogen-bond donors (Lipinski definition) is 2. The second kappa shape index (κ2) is 5.59. The quantitative estimate of drug-likeness (QED) is 0.631. The predicted octanol–water partition coefficient (Wildman–Crippen LogP) is 2.48. The van der Waals surface area contributed by atoms with Crippen LogP contribution in [0.4, 0.5) is 5.82 Å². The molecule has 1 aliphatic carbocycles. The van der Waals surface area contributed by atoms with E-state index in [0.29, 0.717) is 6.04 Å². The van der Waals surface area contributed by atoms with Gasteiger partial charge in [0.15, 0.2) is 0 Å². The highest BCUT2D eigenvalue weighted by Gasteiger charge is 2.22. The van der Waals surface area contributed by atoms with Crippen molar-refractivity contribution in [3.63, 3.8) is 0 Å². The number of aryl methyl sites for hydroxylation is 2. The molecule has 0 unspecified atom stereocenters. The molecule has 1 aliphatic rings. The van der Waals surface area contributed by atoms with Crippen LogP contribution in [0.1, 0.15) is 50.4 Å². The maximum Gasteiger partial charge on any atom is 0.140 e. The van der Waals surface area contributed by atoms with E-state index in [1.165, 1.54) is 17.7 Å². The zero-order chi connectivity index (χ0) is 14.0. The van der Waals surface area contributed by atoms with Gasteiger partial charge in [-0.2, -0.15) is 0 Å². The number of nitrogen functional groups attached to an aromatic ring is 1. The van der Waals surface area contributed by atoms with E-state index in [1.807, 2.05) is 0 Å². The Morgan fingerprint density at radius 2 is 2.21 bits per heavy atom. The molecule has 2 rings (SSSR count). The maximum absolute atomic E-state index is 7.82. The van der Waals surface area contributed by atoms with Gasteiger partial charge in [0.2, 0.25) is 0 Å². The summed E-state index contributed by atoms with van der Waals surface area (Å²) in [6.45, 7) is 7.43. The molecular formula is C15H24N4. The summed E-state index contributed by atoms with van der Waals surface area (Å²) in [5, 5.41) is 7.82. The minimum Gasteiger partial charge on any atom is -0.384 e. The first kappa shape index (κ1) is 13.8. The molecule has 0 fully saturated rings. The number of pyridine rings is 1. The lowest BCUT2D eigenvalue weighted by Gasteiger charge is -2.29. The van der Waals surface area contributed by atoms with E-state index in [4.69, 9.17) is 16.1 Å². The lowest BCUT2D eigenvalue weighted by Crippen LogP contribution is -2.34. The standard InChI is InChI=1S/C15H24N4/c1-4-8-19(10(2)3)15-12(14(16)17)9-11-6-5-7-13(11)18-15/h9-10H,4-8H2,1-3H3,(H3,16,17). The number of nitrogens with zero attached hydrogens (tertiary/aromatic N) is 2. The predicted molar refractivity (Wildman–Crippen MR) is 80.1 cm³/mol. The molecule has 0 atom stereocenters. The van der Waals surface area contributed by atoms with Gasteiger partial charge in [0.05, 0.1) is 5.56 Å². The van der Waals surface area contributed by atoms with Gasteiger partial charge >= 0.3 is 0 Å². The summed E-state index contributed by atoms with van der Waals surface area (Å²) < 4.78 is 0. The average Bonchev–Trinajstić information content (AvgIpc) is 2.81. The van der Waals surface area contributed by atoms with E-state index in [-0.39, 0.29) is 5.84 Å². The van der Waals surface area contributed by atoms with Crippen molar-refractivity contribution >= 4 is 11.7 Å². The van der Waals surface area contributed by atoms with Gasteiger partial charge in [-0.05, 0) is 51.2 Å². The maximum atomic E-state index is 7.82. The van der Waals surface area contributed by atoms with Crippen LogP contribution in [0, 0.1) is 5.41 Å². The molecular weight excluding hydrogens is 236 g/mol. The molecule has 0 saturated carbocycles. The molecule has 19 heavy (non-hydrogen) atoms. The molecule has 0 amide bonds. The Bertz CT molecular complexity index is 479. The molecule has 1 heterocycles.